The van der Waals surface area contributed by atoms with Crippen LogP contribution in [0.25, 0.3) is 0 Å². The number of morpholine rings is 1. The summed E-state index contributed by atoms with van der Waals surface area (Å²) in [5.41, 5.74) is 1.54. The molecular weight excluding hydrogens is 479 g/mol. The van der Waals surface area contributed by atoms with Crippen LogP contribution in [0.5, 0.6) is 5.75 Å². The number of nitrogens with zero attached hydrogens (tertiary/aromatic N) is 2. The van der Waals surface area contributed by atoms with Gasteiger partial charge in [-0.15, -0.1) is 0 Å². The lowest BCUT2D eigenvalue weighted by molar-refractivity contribution is -0.0858. The SMILES string of the molecule is COc1cccc(C(=O)N2CCN3C[C@@H](c4ccc(Br)c(Cl)c4)OC[C@@H]3C2)c1Cl. The van der Waals surface area contributed by atoms with Gasteiger partial charge in [0.2, 0.25) is 0 Å². The largest absolute Gasteiger partial charge is 0.495 e. The predicted molar refractivity (Wildman–Crippen MR) is 117 cm³/mol. The van der Waals surface area contributed by atoms with E-state index in [1.807, 2.05) is 23.1 Å². The van der Waals surface area contributed by atoms with Crippen LogP contribution in [-0.2, 0) is 4.74 Å². The van der Waals surface area contributed by atoms with Crippen LogP contribution in [0, 0.1) is 0 Å². The van der Waals surface area contributed by atoms with Crippen molar-refractivity contribution in [1.29, 1.82) is 0 Å². The van der Waals surface area contributed by atoms with Crippen molar-refractivity contribution in [2.45, 2.75) is 12.1 Å². The number of amides is 1. The second-order valence-corrected chi connectivity index (χ2v) is 8.86. The molecule has 2 heterocycles. The van der Waals surface area contributed by atoms with Gasteiger partial charge in [0.05, 0.1) is 41.5 Å². The quantitative estimate of drug-likeness (QED) is 0.615. The number of ether oxygens (including phenoxy) is 2. The number of methoxy groups -OCH3 is 1. The van der Waals surface area contributed by atoms with Crippen LogP contribution < -0.4 is 4.74 Å². The lowest BCUT2D eigenvalue weighted by atomic mass is 10.0. The molecular formula is C21H21BrCl2N2O3. The van der Waals surface area contributed by atoms with Gasteiger partial charge in [-0.05, 0) is 45.8 Å². The zero-order valence-electron chi connectivity index (χ0n) is 15.9. The van der Waals surface area contributed by atoms with Crippen molar-refractivity contribution in [3.63, 3.8) is 0 Å². The third-order valence-corrected chi connectivity index (χ3v) is 7.13. The van der Waals surface area contributed by atoms with Crippen LogP contribution in [-0.4, -0.2) is 61.6 Å². The van der Waals surface area contributed by atoms with E-state index in [-0.39, 0.29) is 18.1 Å². The molecule has 4 rings (SSSR count). The monoisotopic (exact) mass is 498 g/mol. The summed E-state index contributed by atoms with van der Waals surface area (Å²) in [7, 11) is 1.54. The Labute approximate surface area is 188 Å². The van der Waals surface area contributed by atoms with Gasteiger partial charge in [0, 0.05) is 30.7 Å². The van der Waals surface area contributed by atoms with Crippen LogP contribution >= 0.6 is 39.1 Å². The predicted octanol–water partition coefficient (Wildman–Crippen LogP) is 4.66. The molecule has 5 nitrogen and oxygen atoms in total. The van der Waals surface area contributed by atoms with Gasteiger partial charge in [0.1, 0.15) is 5.75 Å². The Morgan fingerprint density at radius 3 is 2.79 bits per heavy atom. The average Bonchev–Trinajstić information content (AvgIpc) is 2.74. The summed E-state index contributed by atoms with van der Waals surface area (Å²) < 4.78 is 12.2. The first-order valence-electron chi connectivity index (χ1n) is 9.40. The number of hydrogen-bond donors (Lipinski definition) is 0. The van der Waals surface area contributed by atoms with Crippen LogP contribution in [0.3, 0.4) is 0 Å². The fourth-order valence-corrected chi connectivity index (χ4v) is 4.61. The molecule has 154 valence electrons. The van der Waals surface area contributed by atoms with Crippen molar-refractivity contribution in [2.24, 2.45) is 0 Å². The fraction of sp³-hybridized carbons (Fsp3) is 0.381. The Kier molecular flexibility index (Phi) is 6.37. The Morgan fingerprint density at radius 1 is 1.21 bits per heavy atom. The first-order valence-corrected chi connectivity index (χ1v) is 10.9. The fourth-order valence-electron chi connectivity index (χ4n) is 3.89. The van der Waals surface area contributed by atoms with Crippen molar-refractivity contribution in [3.05, 3.63) is 62.0 Å². The molecule has 0 spiro atoms. The molecule has 2 aromatic rings. The molecule has 0 unspecified atom stereocenters. The number of carbonyl (C=O) groups excluding carboxylic acids is 1. The van der Waals surface area contributed by atoms with E-state index in [1.54, 1.807) is 25.3 Å². The topological polar surface area (TPSA) is 42.0 Å². The summed E-state index contributed by atoms with van der Waals surface area (Å²) in [6.45, 7) is 3.40. The van der Waals surface area contributed by atoms with E-state index in [9.17, 15) is 4.79 Å². The van der Waals surface area contributed by atoms with Gasteiger partial charge in [-0.3, -0.25) is 9.69 Å². The lowest BCUT2D eigenvalue weighted by Crippen LogP contribution is -2.59. The maximum atomic E-state index is 13.0. The van der Waals surface area contributed by atoms with Crippen LogP contribution in [0.2, 0.25) is 10.0 Å². The molecule has 2 fully saturated rings. The minimum absolute atomic E-state index is 0.0214. The number of piperazine rings is 1. The average molecular weight is 500 g/mol. The normalized spacial score (nSPS) is 22.3. The molecule has 0 radical (unpaired) electrons. The van der Waals surface area contributed by atoms with Crippen molar-refractivity contribution in [3.8, 4) is 5.75 Å². The highest BCUT2D eigenvalue weighted by molar-refractivity contribution is 9.10. The Morgan fingerprint density at radius 2 is 2.03 bits per heavy atom. The van der Waals surface area contributed by atoms with Crippen LogP contribution in [0.1, 0.15) is 22.0 Å². The van der Waals surface area contributed by atoms with Gasteiger partial charge in [0.15, 0.2) is 0 Å². The van der Waals surface area contributed by atoms with E-state index in [2.05, 4.69) is 20.8 Å². The molecule has 0 aliphatic carbocycles. The summed E-state index contributed by atoms with van der Waals surface area (Å²) in [5, 5.41) is 1.04. The number of rotatable bonds is 3. The van der Waals surface area contributed by atoms with Gasteiger partial charge in [-0.2, -0.15) is 0 Å². The van der Waals surface area contributed by atoms with Crippen molar-refractivity contribution in [2.75, 3.05) is 39.9 Å². The third kappa shape index (κ3) is 4.28. The Bertz CT molecular complexity index is 927. The molecule has 0 bridgehead atoms. The van der Waals surface area contributed by atoms with Gasteiger partial charge < -0.3 is 14.4 Å². The molecule has 29 heavy (non-hydrogen) atoms. The van der Waals surface area contributed by atoms with Crippen molar-refractivity contribution >= 4 is 45.0 Å². The first kappa shape index (κ1) is 20.9. The van der Waals surface area contributed by atoms with E-state index < -0.39 is 0 Å². The summed E-state index contributed by atoms with van der Waals surface area (Å²) in [5.74, 6) is 0.434. The highest BCUT2D eigenvalue weighted by atomic mass is 79.9. The summed E-state index contributed by atoms with van der Waals surface area (Å²) in [6.07, 6.45) is -0.0214. The van der Waals surface area contributed by atoms with Gasteiger partial charge >= 0.3 is 0 Å². The lowest BCUT2D eigenvalue weighted by Gasteiger charge is -2.46. The number of carbonyl (C=O) groups is 1. The second-order valence-electron chi connectivity index (χ2n) is 7.22. The number of hydrogen-bond acceptors (Lipinski definition) is 4. The maximum absolute atomic E-state index is 13.0. The van der Waals surface area contributed by atoms with Gasteiger partial charge in [-0.1, -0.05) is 35.3 Å². The van der Waals surface area contributed by atoms with E-state index >= 15 is 0 Å². The van der Waals surface area contributed by atoms with Crippen molar-refractivity contribution in [1.82, 2.24) is 9.80 Å². The molecule has 0 aromatic heterocycles. The van der Waals surface area contributed by atoms with Crippen LogP contribution in [0.4, 0.5) is 0 Å². The van der Waals surface area contributed by atoms with E-state index in [4.69, 9.17) is 32.7 Å². The second kappa shape index (κ2) is 8.82. The minimum atomic E-state index is -0.0737. The van der Waals surface area contributed by atoms with E-state index in [0.29, 0.717) is 41.1 Å². The number of benzene rings is 2. The zero-order chi connectivity index (χ0) is 20.5. The van der Waals surface area contributed by atoms with Gasteiger partial charge in [0.25, 0.3) is 5.91 Å². The molecule has 2 aromatic carbocycles. The summed E-state index contributed by atoms with van der Waals surface area (Å²) in [4.78, 5) is 17.3. The number of halogens is 3. The molecule has 2 atom stereocenters. The molecule has 2 aliphatic heterocycles. The first-order chi connectivity index (χ1) is 14.0. The smallest absolute Gasteiger partial charge is 0.255 e. The maximum Gasteiger partial charge on any atom is 0.255 e. The standard InChI is InChI=1S/C21H21BrCl2N2O3/c1-28-18-4-2-3-15(20(18)24)21(27)26-8-7-25-11-19(29-12-14(25)10-26)13-5-6-16(22)17(23)9-13/h2-6,9,14,19H,7-8,10-12H2,1H3/t14-,19-/m0/s1. The molecule has 8 heteroatoms. The molecule has 0 N–H and O–H groups in total. The van der Waals surface area contributed by atoms with Crippen LogP contribution in [0.15, 0.2) is 40.9 Å². The van der Waals surface area contributed by atoms with Crippen molar-refractivity contribution < 1.29 is 14.3 Å². The summed E-state index contributed by atoms with van der Waals surface area (Å²) in [6, 6.07) is 11.4. The molecule has 2 aliphatic rings. The Balaban J connectivity index is 1.43. The zero-order valence-corrected chi connectivity index (χ0v) is 19.0. The van der Waals surface area contributed by atoms with E-state index in [1.165, 1.54) is 0 Å². The number of fused-ring (bicyclic) bond motifs is 1. The van der Waals surface area contributed by atoms with Gasteiger partial charge in [-0.25, -0.2) is 0 Å². The molecule has 2 saturated heterocycles. The minimum Gasteiger partial charge on any atom is -0.495 e. The summed E-state index contributed by atoms with van der Waals surface area (Å²) >= 11 is 16.0. The highest BCUT2D eigenvalue weighted by Gasteiger charge is 2.36. The Hall–Kier alpha value is -1.31. The third-order valence-electron chi connectivity index (χ3n) is 5.51. The molecule has 0 saturated carbocycles. The highest BCUT2D eigenvalue weighted by Crippen LogP contribution is 2.32. The molecule has 1 amide bonds. The van der Waals surface area contributed by atoms with E-state index in [0.717, 1.165) is 23.1 Å².